The Morgan fingerprint density at radius 2 is 2.00 bits per heavy atom. The number of imidazole rings is 1. The molecule has 1 heterocycles. The van der Waals surface area contributed by atoms with E-state index in [1.165, 1.54) is 17.0 Å². The van der Waals surface area contributed by atoms with Crippen LogP contribution in [-0.2, 0) is 17.8 Å². The van der Waals surface area contributed by atoms with Gasteiger partial charge >= 0.3 is 5.97 Å². The van der Waals surface area contributed by atoms with Gasteiger partial charge in [-0.1, -0.05) is 37.6 Å². The third kappa shape index (κ3) is 5.84. The van der Waals surface area contributed by atoms with Crippen molar-refractivity contribution >= 4 is 17.6 Å². The number of aliphatic carboxylic acids is 1. The summed E-state index contributed by atoms with van der Waals surface area (Å²) in [7, 11) is 0. The molecule has 1 aliphatic rings. The van der Waals surface area contributed by atoms with Crippen LogP contribution in [0.2, 0.25) is 5.02 Å². The SMILES string of the molecule is CC(C)c1nc2c(n1Cc1ccc(Cl)cc1)C(CCC(=O)O)CCC2.N.[U]. The van der Waals surface area contributed by atoms with Gasteiger partial charge in [0, 0.05) is 66.6 Å². The Bertz CT molecular complexity index is 759. The molecular weight excluding hydrogens is 588 g/mol. The largest absolute Gasteiger partial charge is 0.481 e. The van der Waals surface area contributed by atoms with Crippen LogP contribution in [0.15, 0.2) is 24.3 Å². The number of hydrogen-bond acceptors (Lipinski definition) is 3. The standard InChI is InChI=1S/C20H25ClN2O2.H3N.U/c1-13(2)20-22-17-5-3-4-15(8-11-18(24)25)19(17)23(20)12-14-6-9-16(21)10-7-14;;/h6-7,9-10,13,15H,3-5,8,11-12H2,1-2H3,(H,24,25);1H3;. The summed E-state index contributed by atoms with van der Waals surface area (Å²) in [6.07, 6.45) is 4.03. The molecule has 0 radical (unpaired) electrons. The summed E-state index contributed by atoms with van der Waals surface area (Å²) in [4.78, 5) is 16.0. The number of aryl methyl sites for hydroxylation is 1. The molecule has 1 aromatic heterocycles. The summed E-state index contributed by atoms with van der Waals surface area (Å²) in [6.45, 7) is 5.09. The van der Waals surface area contributed by atoms with E-state index in [2.05, 4.69) is 18.4 Å². The van der Waals surface area contributed by atoms with E-state index in [1.54, 1.807) is 0 Å². The van der Waals surface area contributed by atoms with Crippen molar-refractivity contribution in [3.05, 3.63) is 52.1 Å². The Morgan fingerprint density at radius 1 is 1.33 bits per heavy atom. The van der Waals surface area contributed by atoms with Crippen LogP contribution in [-0.4, -0.2) is 20.6 Å². The van der Waals surface area contributed by atoms with E-state index in [-0.39, 0.29) is 49.6 Å². The number of hydrogen-bond donors (Lipinski definition) is 2. The molecule has 0 aliphatic heterocycles. The summed E-state index contributed by atoms with van der Waals surface area (Å²) in [5, 5.41) is 9.82. The number of rotatable bonds is 6. The summed E-state index contributed by atoms with van der Waals surface area (Å²) >= 11 is 6.01. The van der Waals surface area contributed by atoms with E-state index < -0.39 is 5.97 Å². The minimum atomic E-state index is -0.722. The van der Waals surface area contributed by atoms with E-state index in [0.717, 1.165) is 36.7 Å². The monoisotopic (exact) mass is 615 g/mol. The second-order valence-electron chi connectivity index (χ2n) is 7.19. The molecule has 1 atom stereocenters. The van der Waals surface area contributed by atoms with Crippen LogP contribution in [0.1, 0.15) is 74.1 Å². The average molecular weight is 616 g/mol. The molecule has 3 rings (SSSR count). The van der Waals surface area contributed by atoms with Gasteiger partial charge in [0.15, 0.2) is 0 Å². The smallest absolute Gasteiger partial charge is 0.303 e. The van der Waals surface area contributed by atoms with Gasteiger partial charge in [-0.05, 0) is 43.4 Å². The molecule has 27 heavy (non-hydrogen) atoms. The first-order valence-electron chi connectivity index (χ1n) is 9.01. The Kier molecular flexibility index (Phi) is 9.58. The van der Waals surface area contributed by atoms with Gasteiger partial charge in [0.25, 0.3) is 0 Å². The van der Waals surface area contributed by atoms with Gasteiger partial charge in [0.2, 0.25) is 0 Å². The van der Waals surface area contributed by atoms with Crippen molar-refractivity contribution in [2.24, 2.45) is 0 Å². The molecule has 1 aliphatic carbocycles. The van der Waals surface area contributed by atoms with Crippen molar-refractivity contribution in [2.75, 3.05) is 0 Å². The van der Waals surface area contributed by atoms with Crippen LogP contribution < -0.4 is 6.15 Å². The van der Waals surface area contributed by atoms with E-state index in [0.29, 0.717) is 12.3 Å². The van der Waals surface area contributed by atoms with Crippen molar-refractivity contribution in [3.8, 4) is 0 Å². The second-order valence-corrected chi connectivity index (χ2v) is 7.63. The molecular formula is C20H28ClN3O2U. The maximum Gasteiger partial charge on any atom is 0.303 e. The Hall–Kier alpha value is -0.798. The number of carbonyl (C=O) groups is 1. The molecule has 0 bridgehead atoms. The zero-order valence-electron chi connectivity index (χ0n) is 16.0. The maximum atomic E-state index is 11.0. The van der Waals surface area contributed by atoms with Gasteiger partial charge in [0.1, 0.15) is 5.82 Å². The van der Waals surface area contributed by atoms with Crippen molar-refractivity contribution < 1.29 is 41.0 Å². The Balaban J connectivity index is 0.00000182. The molecule has 0 saturated heterocycles. The molecule has 0 saturated carbocycles. The Morgan fingerprint density at radius 3 is 2.59 bits per heavy atom. The van der Waals surface area contributed by atoms with Gasteiger partial charge in [-0.2, -0.15) is 0 Å². The summed E-state index contributed by atoms with van der Waals surface area (Å²) in [5.41, 5.74) is 3.61. The van der Waals surface area contributed by atoms with Crippen molar-refractivity contribution in [1.82, 2.24) is 15.7 Å². The van der Waals surface area contributed by atoms with Crippen LogP contribution in [0.4, 0.5) is 0 Å². The Labute approximate surface area is 189 Å². The average Bonchev–Trinajstić information content (AvgIpc) is 2.94. The van der Waals surface area contributed by atoms with Crippen molar-refractivity contribution in [3.63, 3.8) is 0 Å². The molecule has 0 amide bonds. The summed E-state index contributed by atoms with van der Waals surface area (Å²) in [6, 6.07) is 7.93. The van der Waals surface area contributed by atoms with Gasteiger partial charge in [0.05, 0.1) is 5.69 Å². The first-order valence-corrected chi connectivity index (χ1v) is 9.39. The second kappa shape index (κ2) is 10.7. The number of carboxylic acids is 1. The minimum Gasteiger partial charge on any atom is -0.481 e. The fourth-order valence-corrected chi connectivity index (χ4v) is 3.91. The quantitative estimate of drug-likeness (QED) is 0.470. The molecule has 4 N–H and O–H groups in total. The van der Waals surface area contributed by atoms with Gasteiger partial charge in [-0.15, -0.1) is 0 Å². The number of halogens is 1. The van der Waals surface area contributed by atoms with E-state index in [4.69, 9.17) is 21.7 Å². The summed E-state index contributed by atoms with van der Waals surface area (Å²) in [5.74, 6) is 0.993. The normalized spacial score (nSPS) is 15.6. The van der Waals surface area contributed by atoms with Crippen LogP contribution >= 0.6 is 11.6 Å². The minimum absolute atomic E-state index is 0. The van der Waals surface area contributed by atoms with Crippen LogP contribution in [0.3, 0.4) is 0 Å². The van der Waals surface area contributed by atoms with Gasteiger partial charge in [-0.3, -0.25) is 4.79 Å². The van der Waals surface area contributed by atoms with Gasteiger partial charge < -0.3 is 15.8 Å². The molecule has 2 aromatic rings. The molecule has 1 unspecified atom stereocenters. The van der Waals surface area contributed by atoms with E-state index >= 15 is 0 Å². The van der Waals surface area contributed by atoms with Crippen LogP contribution in [0.25, 0.3) is 0 Å². The number of fused-ring (bicyclic) bond motifs is 1. The predicted molar refractivity (Wildman–Crippen MR) is 104 cm³/mol. The number of benzene rings is 1. The molecule has 0 spiro atoms. The molecule has 146 valence electrons. The predicted octanol–water partition coefficient (Wildman–Crippen LogP) is 5.15. The van der Waals surface area contributed by atoms with Crippen molar-refractivity contribution in [2.45, 2.75) is 64.3 Å². The fraction of sp³-hybridized carbons (Fsp3) is 0.500. The zero-order valence-corrected chi connectivity index (χ0v) is 21.0. The van der Waals surface area contributed by atoms with Gasteiger partial charge in [-0.25, -0.2) is 4.98 Å². The molecule has 1 aromatic carbocycles. The third-order valence-corrected chi connectivity index (χ3v) is 5.19. The number of aromatic nitrogens is 2. The van der Waals surface area contributed by atoms with E-state index in [9.17, 15) is 4.79 Å². The molecule has 0 fully saturated rings. The number of carboxylic acid groups (broad SMARTS) is 1. The van der Waals surface area contributed by atoms with Crippen molar-refractivity contribution in [1.29, 1.82) is 0 Å². The van der Waals surface area contributed by atoms with Crippen LogP contribution in [0.5, 0.6) is 0 Å². The molecule has 5 nitrogen and oxygen atoms in total. The van der Waals surface area contributed by atoms with E-state index in [1.807, 2.05) is 24.3 Å². The molecule has 7 heteroatoms. The van der Waals surface area contributed by atoms with Crippen LogP contribution in [0, 0.1) is 31.1 Å². The first-order chi connectivity index (χ1) is 12.0. The first kappa shape index (κ1) is 24.2. The summed E-state index contributed by atoms with van der Waals surface area (Å²) < 4.78 is 2.33. The maximum absolute atomic E-state index is 11.0. The third-order valence-electron chi connectivity index (χ3n) is 4.94. The topological polar surface area (TPSA) is 90.1 Å². The number of nitrogens with zero attached hydrogens (tertiary/aromatic N) is 2. The zero-order chi connectivity index (χ0) is 18.0. The fourth-order valence-electron chi connectivity index (χ4n) is 3.79.